The molecule has 112 valence electrons. The summed E-state index contributed by atoms with van der Waals surface area (Å²) in [5, 5.41) is 6.14. The molecule has 1 N–H and O–H groups in total. The average molecular weight is 291 g/mol. The Kier molecular flexibility index (Phi) is 4.40. The van der Waals surface area contributed by atoms with Gasteiger partial charge >= 0.3 is 0 Å². The fraction of sp³-hybridized carbons (Fsp3) is 0.200. The second kappa shape index (κ2) is 6.63. The van der Waals surface area contributed by atoms with Gasteiger partial charge in [0.1, 0.15) is 5.75 Å². The molecule has 0 aliphatic rings. The van der Waals surface area contributed by atoms with Crippen molar-refractivity contribution in [2.75, 3.05) is 7.11 Å². The Morgan fingerprint density at radius 1 is 0.909 bits per heavy atom. The molecule has 0 fully saturated rings. The Hall–Kier alpha value is -2.32. The lowest BCUT2D eigenvalue weighted by Crippen LogP contribution is -2.18. The normalized spacial score (nSPS) is 12.3. The van der Waals surface area contributed by atoms with Crippen LogP contribution in [0.15, 0.2) is 66.7 Å². The van der Waals surface area contributed by atoms with E-state index in [0.717, 1.165) is 12.3 Å². The molecule has 3 aromatic rings. The summed E-state index contributed by atoms with van der Waals surface area (Å²) in [7, 11) is 1.71. The van der Waals surface area contributed by atoms with Crippen LogP contribution in [0.25, 0.3) is 10.8 Å². The zero-order valence-electron chi connectivity index (χ0n) is 13.0. The van der Waals surface area contributed by atoms with Gasteiger partial charge < -0.3 is 10.1 Å². The second-order valence-corrected chi connectivity index (χ2v) is 5.52. The van der Waals surface area contributed by atoms with Crippen LogP contribution in [0.1, 0.15) is 24.1 Å². The highest BCUT2D eigenvalue weighted by molar-refractivity contribution is 5.83. The van der Waals surface area contributed by atoms with Crippen LogP contribution in [0.2, 0.25) is 0 Å². The van der Waals surface area contributed by atoms with E-state index in [0.29, 0.717) is 0 Å². The fourth-order valence-corrected chi connectivity index (χ4v) is 2.71. The van der Waals surface area contributed by atoms with Crippen LogP contribution in [-0.2, 0) is 6.54 Å². The summed E-state index contributed by atoms with van der Waals surface area (Å²) in [6, 6.07) is 23.5. The minimum atomic E-state index is 0.287. The molecule has 0 saturated heterocycles. The van der Waals surface area contributed by atoms with Crippen LogP contribution in [0.4, 0.5) is 0 Å². The summed E-state index contributed by atoms with van der Waals surface area (Å²) in [5.74, 6) is 0.931. The SMILES string of the molecule is COc1ccccc1CN[C@H](C)c1ccc2ccccc2c1. The number of hydrogen-bond acceptors (Lipinski definition) is 2. The maximum absolute atomic E-state index is 5.40. The number of methoxy groups -OCH3 is 1. The molecular weight excluding hydrogens is 270 g/mol. The lowest BCUT2D eigenvalue weighted by atomic mass is 10.0. The van der Waals surface area contributed by atoms with Crippen molar-refractivity contribution in [2.45, 2.75) is 19.5 Å². The molecule has 0 heterocycles. The first-order chi connectivity index (χ1) is 10.8. The first-order valence-corrected chi connectivity index (χ1v) is 7.62. The maximum Gasteiger partial charge on any atom is 0.123 e. The molecule has 3 aromatic carbocycles. The molecule has 0 saturated carbocycles. The molecule has 0 aromatic heterocycles. The third-order valence-corrected chi connectivity index (χ3v) is 4.06. The number of ether oxygens (including phenoxy) is 1. The monoisotopic (exact) mass is 291 g/mol. The first-order valence-electron chi connectivity index (χ1n) is 7.62. The molecular formula is C20H21NO. The van der Waals surface area contributed by atoms with Crippen LogP contribution in [-0.4, -0.2) is 7.11 Å². The molecule has 0 spiro atoms. The van der Waals surface area contributed by atoms with Crippen LogP contribution < -0.4 is 10.1 Å². The van der Waals surface area contributed by atoms with E-state index in [1.165, 1.54) is 21.9 Å². The number of para-hydroxylation sites is 1. The maximum atomic E-state index is 5.40. The third kappa shape index (κ3) is 3.12. The van der Waals surface area contributed by atoms with Gasteiger partial charge in [-0.3, -0.25) is 0 Å². The Balaban J connectivity index is 1.74. The quantitative estimate of drug-likeness (QED) is 0.735. The molecule has 0 bridgehead atoms. The fourth-order valence-electron chi connectivity index (χ4n) is 2.71. The molecule has 2 nitrogen and oxygen atoms in total. The van der Waals surface area contributed by atoms with Gasteiger partial charge in [-0.2, -0.15) is 0 Å². The van der Waals surface area contributed by atoms with Gasteiger partial charge in [-0.1, -0.05) is 54.6 Å². The topological polar surface area (TPSA) is 21.3 Å². The van der Waals surface area contributed by atoms with Crippen molar-refractivity contribution >= 4 is 10.8 Å². The molecule has 0 aliphatic carbocycles. The Morgan fingerprint density at radius 2 is 1.64 bits per heavy atom. The molecule has 1 atom stereocenters. The van der Waals surface area contributed by atoms with Gasteiger partial charge in [0, 0.05) is 18.2 Å². The molecule has 0 unspecified atom stereocenters. The van der Waals surface area contributed by atoms with E-state index >= 15 is 0 Å². The van der Waals surface area contributed by atoms with Crippen molar-refractivity contribution in [1.29, 1.82) is 0 Å². The summed E-state index contributed by atoms with van der Waals surface area (Å²) < 4.78 is 5.40. The van der Waals surface area contributed by atoms with Crippen molar-refractivity contribution in [3.8, 4) is 5.75 Å². The standard InChI is InChI=1S/C20H21NO/c1-15(21-14-19-9-5-6-10-20(19)22-2)17-12-11-16-7-3-4-8-18(16)13-17/h3-13,15,21H,14H2,1-2H3/t15-/m1/s1. The van der Waals surface area contributed by atoms with Crippen molar-refractivity contribution in [2.24, 2.45) is 0 Å². The number of fused-ring (bicyclic) bond motifs is 1. The second-order valence-electron chi connectivity index (χ2n) is 5.52. The van der Waals surface area contributed by atoms with E-state index in [4.69, 9.17) is 4.74 Å². The number of benzene rings is 3. The van der Waals surface area contributed by atoms with Crippen LogP contribution in [0.3, 0.4) is 0 Å². The highest BCUT2D eigenvalue weighted by Crippen LogP contribution is 2.22. The number of hydrogen-bond donors (Lipinski definition) is 1. The van der Waals surface area contributed by atoms with Gasteiger partial charge in [0.25, 0.3) is 0 Å². The van der Waals surface area contributed by atoms with Gasteiger partial charge in [0.15, 0.2) is 0 Å². The predicted molar refractivity (Wildman–Crippen MR) is 92.2 cm³/mol. The third-order valence-electron chi connectivity index (χ3n) is 4.06. The Morgan fingerprint density at radius 3 is 2.45 bits per heavy atom. The molecule has 0 radical (unpaired) electrons. The molecule has 22 heavy (non-hydrogen) atoms. The lowest BCUT2D eigenvalue weighted by Gasteiger charge is -2.16. The van der Waals surface area contributed by atoms with Crippen LogP contribution in [0.5, 0.6) is 5.75 Å². The van der Waals surface area contributed by atoms with E-state index < -0.39 is 0 Å². The van der Waals surface area contributed by atoms with E-state index in [9.17, 15) is 0 Å². The van der Waals surface area contributed by atoms with E-state index in [1.54, 1.807) is 7.11 Å². The molecule has 3 rings (SSSR count). The number of nitrogens with one attached hydrogen (secondary N) is 1. The molecule has 0 aliphatic heterocycles. The summed E-state index contributed by atoms with van der Waals surface area (Å²) >= 11 is 0. The molecule has 2 heteroatoms. The average Bonchev–Trinajstić information content (AvgIpc) is 2.59. The van der Waals surface area contributed by atoms with Crippen molar-refractivity contribution in [3.05, 3.63) is 77.9 Å². The summed E-state index contributed by atoms with van der Waals surface area (Å²) in [6.45, 7) is 2.98. The highest BCUT2D eigenvalue weighted by atomic mass is 16.5. The smallest absolute Gasteiger partial charge is 0.123 e. The minimum absolute atomic E-state index is 0.287. The van der Waals surface area contributed by atoms with Gasteiger partial charge in [-0.05, 0) is 35.4 Å². The zero-order chi connectivity index (χ0) is 15.4. The Labute approximate surface area is 131 Å². The lowest BCUT2D eigenvalue weighted by molar-refractivity contribution is 0.406. The van der Waals surface area contributed by atoms with Crippen molar-refractivity contribution < 1.29 is 4.74 Å². The first kappa shape index (κ1) is 14.6. The van der Waals surface area contributed by atoms with Gasteiger partial charge in [0.05, 0.1) is 7.11 Å². The highest BCUT2D eigenvalue weighted by Gasteiger charge is 2.07. The van der Waals surface area contributed by atoms with E-state index in [2.05, 4.69) is 60.8 Å². The van der Waals surface area contributed by atoms with Crippen molar-refractivity contribution in [3.63, 3.8) is 0 Å². The summed E-state index contributed by atoms with van der Waals surface area (Å²) in [5.41, 5.74) is 2.48. The summed E-state index contributed by atoms with van der Waals surface area (Å²) in [6.07, 6.45) is 0. The van der Waals surface area contributed by atoms with Crippen LogP contribution in [0, 0.1) is 0 Å². The summed E-state index contributed by atoms with van der Waals surface area (Å²) in [4.78, 5) is 0. The van der Waals surface area contributed by atoms with Crippen molar-refractivity contribution in [1.82, 2.24) is 5.32 Å². The van der Waals surface area contributed by atoms with Crippen LogP contribution >= 0.6 is 0 Å². The van der Waals surface area contributed by atoms with Gasteiger partial charge in [-0.15, -0.1) is 0 Å². The number of rotatable bonds is 5. The largest absolute Gasteiger partial charge is 0.496 e. The zero-order valence-corrected chi connectivity index (χ0v) is 13.0. The Bertz CT molecular complexity index is 766. The van der Waals surface area contributed by atoms with Gasteiger partial charge in [-0.25, -0.2) is 0 Å². The minimum Gasteiger partial charge on any atom is -0.496 e. The predicted octanol–water partition coefficient (Wildman–Crippen LogP) is 4.70. The van der Waals surface area contributed by atoms with E-state index in [1.807, 2.05) is 18.2 Å². The van der Waals surface area contributed by atoms with Gasteiger partial charge in [0.2, 0.25) is 0 Å². The molecule has 0 amide bonds. The van der Waals surface area contributed by atoms with E-state index in [-0.39, 0.29) is 6.04 Å².